The Kier molecular flexibility index (Phi) is 6.07. The highest BCUT2D eigenvalue weighted by molar-refractivity contribution is 6.30. The third-order valence-electron chi connectivity index (χ3n) is 4.45. The van der Waals surface area contributed by atoms with E-state index in [9.17, 15) is 4.79 Å². The second-order valence-electron chi connectivity index (χ2n) is 7.63. The molecule has 1 saturated heterocycles. The first-order valence-electron chi connectivity index (χ1n) is 8.78. The molecular weight excluding hydrogens is 324 g/mol. The molecule has 134 valence electrons. The van der Waals surface area contributed by atoms with Gasteiger partial charge in [-0.1, -0.05) is 39.3 Å². The van der Waals surface area contributed by atoms with Crippen molar-refractivity contribution in [3.63, 3.8) is 0 Å². The number of nitrogens with zero attached hydrogens (tertiary/aromatic N) is 3. The minimum Gasteiger partial charge on any atom is -0.356 e. The molecule has 1 amide bonds. The standard InChI is InChI=1S/C18H29ClN4O/c1-6-14-15(19)21-12(2)22-16(14)23-9-7-8-13(11-23)10-20-17(24)18(3,4)5/h13H,6-11H2,1-5H3,(H,20,24). The maximum atomic E-state index is 12.1. The van der Waals surface area contributed by atoms with Crippen molar-refractivity contribution in [1.82, 2.24) is 15.3 Å². The van der Waals surface area contributed by atoms with Gasteiger partial charge in [0.25, 0.3) is 0 Å². The Morgan fingerprint density at radius 3 is 2.71 bits per heavy atom. The summed E-state index contributed by atoms with van der Waals surface area (Å²) >= 11 is 6.31. The molecule has 0 radical (unpaired) electrons. The van der Waals surface area contributed by atoms with Crippen molar-refractivity contribution in [2.24, 2.45) is 11.3 Å². The summed E-state index contributed by atoms with van der Waals surface area (Å²) in [6.45, 7) is 12.4. The molecule has 0 bridgehead atoms. The number of halogens is 1. The quantitative estimate of drug-likeness (QED) is 0.844. The van der Waals surface area contributed by atoms with Crippen LogP contribution < -0.4 is 10.2 Å². The Morgan fingerprint density at radius 1 is 1.38 bits per heavy atom. The van der Waals surface area contributed by atoms with E-state index in [0.717, 1.165) is 43.7 Å². The van der Waals surface area contributed by atoms with Gasteiger partial charge < -0.3 is 10.2 Å². The van der Waals surface area contributed by atoms with Gasteiger partial charge >= 0.3 is 0 Å². The molecule has 1 aromatic rings. The molecule has 1 N–H and O–H groups in total. The van der Waals surface area contributed by atoms with Gasteiger partial charge in [-0.25, -0.2) is 9.97 Å². The van der Waals surface area contributed by atoms with Crippen LogP contribution in [0.3, 0.4) is 0 Å². The lowest BCUT2D eigenvalue weighted by Gasteiger charge is -2.35. The third-order valence-corrected chi connectivity index (χ3v) is 4.76. The van der Waals surface area contributed by atoms with Crippen LogP contribution >= 0.6 is 11.6 Å². The lowest BCUT2D eigenvalue weighted by Crippen LogP contribution is -2.44. The first-order valence-corrected chi connectivity index (χ1v) is 9.16. The normalized spacial score (nSPS) is 18.6. The molecule has 1 aromatic heterocycles. The van der Waals surface area contributed by atoms with Crippen molar-refractivity contribution in [1.29, 1.82) is 0 Å². The number of nitrogens with one attached hydrogen (secondary N) is 1. The highest BCUT2D eigenvalue weighted by Crippen LogP contribution is 2.29. The van der Waals surface area contributed by atoms with Gasteiger partial charge in [0.1, 0.15) is 16.8 Å². The van der Waals surface area contributed by atoms with Crippen LogP contribution in [0.2, 0.25) is 5.15 Å². The molecule has 1 aliphatic heterocycles. The van der Waals surface area contributed by atoms with Gasteiger partial charge in [0, 0.05) is 30.6 Å². The van der Waals surface area contributed by atoms with Gasteiger partial charge in [0.15, 0.2) is 0 Å². The van der Waals surface area contributed by atoms with Crippen LogP contribution in [-0.4, -0.2) is 35.5 Å². The largest absolute Gasteiger partial charge is 0.356 e. The summed E-state index contributed by atoms with van der Waals surface area (Å²) in [4.78, 5) is 23.3. The number of piperidine rings is 1. The van der Waals surface area contributed by atoms with Crippen molar-refractivity contribution in [2.75, 3.05) is 24.5 Å². The average Bonchev–Trinajstić information content (AvgIpc) is 2.51. The molecule has 1 aliphatic rings. The Morgan fingerprint density at radius 2 is 2.08 bits per heavy atom. The Hall–Kier alpha value is -1.36. The third kappa shape index (κ3) is 4.59. The number of aryl methyl sites for hydroxylation is 1. The van der Waals surface area contributed by atoms with Crippen LogP contribution in [0, 0.1) is 18.3 Å². The van der Waals surface area contributed by atoms with Crippen molar-refractivity contribution in [3.8, 4) is 0 Å². The van der Waals surface area contributed by atoms with Crippen molar-refractivity contribution < 1.29 is 4.79 Å². The zero-order valence-corrected chi connectivity index (χ0v) is 16.2. The van der Waals surface area contributed by atoms with E-state index in [0.29, 0.717) is 23.4 Å². The molecule has 0 saturated carbocycles. The molecule has 1 fully saturated rings. The fourth-order valence-electron chi connectivity index (χ4n) is 3.04. The molecule has 0 aliphatic carbocycles. The molecular formula is C18H29ClN4O. The summed E-state index contributed by atoms with van der Waals surface area (Å²) in [6.07, 6.45) is 3.04. The number of hydrogen-bond acceptors (Lipinski definition) is 4. The van der Waals surface area contributed by atoms with Crippen LogP contribution in [-0.2, 0) is 11.2 Å². The van der Waals surface area contributed by atoms with Gasteiger partial charge in [-0.05, 0) is 32.1 Å². The van der Waals surface area contributed by atoms with Gasteiger partial charge in [0.05, 0.1) is 0 Å². The minimum absolute atomic E-state index is 0.106. The number of carbonyl (C=O) groups excluding carboxylic acids is 1. The summed E-state index contributed by atoms with van der Waals surface area (Å²) in [5.74, 6) is 2.20. The van der Waals surface area contributed by atoms with Gasteiger partial charge in [-0.15, -0.1) is 0 Å². The molecule has 0 spiro atoms. The van der Waals surface area contributed by atoms with Crippen molar-refractivity contribution in [2.45, 2.75) is 53.9 Å². The number of rotatable bonds is 4. The first kappa shape index (κ1) is 19.0. The van der Waals surface area contributed by atoms with E-state index in [2.05, 4.69) is 27.1 Å². The average molecular weight is 353 g/mol. The van der Waals surface area contributed by atoms with Crippen LogP contribution in [0.4, 0.5) is 5.82 Å². The summed E-state index contributed by atoms with van der Waals surface area (Å²) in [7, 11) is 0. The van der Waals surface area contributed by atoms with Gasteiger partial charge in [0.2, 0.25) is 5.91 Å². The first-order chi connectivity index (χ1) is 11.2. The smallest absolute Gasteiger partial charge is 0.225 e. The molecule has 1 unspecified atom stereocenters. The summed E-state index contributed by atoms with van der Waals surface area (Å²) < 4.78 is 0. The number of carbonyl (C=O) groups is 1. The second-order valence-corrected chi connectivity index (χ2v) is 7.99. The molecule has 6 heteroatoms. The van der Waals surface area contributed by atoms with Crippen LogP contribution in [0.15, 0.2) is 0 Å². The molecule has 2 rings (SSSR count). The van der Waals surface area contributed by atoms with Crippen molar-refractivity contribution >= 4 is 23.3 Å². The monoisotopic (exact) mass is 352 g/mol. The Labute approximate surface area is 150 Å². The predicted molar refractivity (Wildman–Crippen MR) is 98.6 cm³/mol. The van der Waals surface area contributed by atoms with E-state index in [1.165, 1.54) is 0 Å². The van der Waals surface area contributed by atoms with Crippen LogP contribution in [0.5, 0.6) is 0 Å². The van der Waals surface area contributed by atoms with Crippen LogP contribution in [0.25, 0.3) is 0 Å². The maximum Gasteiger partial charge on any atom is 0.225 e. The van der Waals surface area contributed by atoms with E-state index in [4.69, 9.17) is 11.6 Å². The van der Waals surface area contributed by atoms with E-state index >= 15 is 0 Å². The summed E-state index contributed by atoms with van der Waals surface area (Å²) in [5.41, 5.74) is 0.669. The van der Waals surface area contributed by atoms with Crippen LogP contribution in [0.1, 0.15) is 51.9 Å². The molecule has 24 heavy (non-hydrogen) atoms. The maximum absolute atomic E-state index is 12.1. The topological polar surface area (TPSA) is 58.1 Å². The second kappa shape index (κ2) is 7.68. The number of amides is 1. The lowest BCUT2D eigenvalue weighted by molar-refractivity contribution is -0.128. The summed E-state index contributed by atoms with van der Waals surface area (Å²) in [5, 5.41) is 3.65. The van der Waals surface area contributed by atoms with E-state index in [1.807, 2.05) is 27.7 Å². The zero-order valence-electron chi connectivity index (χ0n) is 15.4. The lowest BCUT2D eigenvalue weighted by atomic mass is 9.94. The highest BCUT2D eigenvalue weighted by atomic mass is 35.5. The number of aromatic nitrogens is 2. The van der Waals surface area contributed by atoms with E-state index in [1.54, 1.807) is 0 Å². The van der Waals surface area contributed by atoms with E-state index in [-0.39, 0.29) is 11.3 Å². The SMILES string of the molecule is CCc1c(Cl)nc(C)nc1N1CCCC(CNC(=O)C(C)(C)C)C1. The highest BCUT2D eigenvalue weighted by Gasteiger charge is 2.26. The molecule has 2 heterocycles. The summed E-state index contributed by atoms with van der Waals surface area (Å²) in [6, 6.07) is 0. The number of anilines is 1. The van der Waals surface area contributed by atoms with E-state index < -0.39 is 0 Å². The number of hydrogen-bond donors (Lipinski definition) is 1. The Bertz CT molecular complexity index is 597. The fraction of sp³-hybridized carbons (Fsp3) is 0.722. The molecule has 1 atom stereocenters. The van der Waals surface area contributed by atoms with Gasteiger partial charge in [-0.2, -0.15) is 0 Å². The van der Waals surface area contributed by atoms with Crippen molar-refractivity contribution in [3.05, 3.63) is 16.5 Å². The fourth-order valence-corrected chi connectivity index (χ4v) is 3.38. The molecule has 5 nitrogen and oxygen atoms in total. The minimum atomic E-state index is -0.346. The Balaban J connectivity index is 2.07. The zero-order chi connectivity index (χ0) is 17.9. The molecule has 0 aromatic carbocycles. The van der Waals surface area contributed by atoms with Gasteiger partial charge in [-0.3, -0.25) is 4.79 Å². The predicted octanol–water partition coefficient (Wildman–Crippen LogP) is 3.38.